The van der Waals surface area contributed by atoms with Crippen LogP contribution < -0.4 is 14.8 Å². The van der Waals surface area contributed by atoms with E-state index < -0.39 is 0 Å². The van der Waals surface area contributed by atoms with Crippen molar-refractivity contribution in [3.63, 3.8) is 0 Å². The van der Waals surface area contributed by atoms with Gasteiger partial charge in [-0.1, -0.05) is 66.2 Å². The predicted molar refractivity (Wildman–Crippen MR) is 115 cm³/mol. The van der Waals surface area contributed by atoms with Crippen LogP contribution in [0, 0.1) is 6.92 Å². The lowest BCUT2D eigenvalue weighted by molar-refractivity contribution is 0.283. The fourth-order valence-electron chi connectivity index (χ4n) is 3.01. The van der Waals surface area contributed by atoms with Gasteiger partial charge in [0.1, 0.15) is 6.61 Å². The van der Waals surface area contributed by atoms with Crippen LogP contribution in [0.1, 0.15) is 22.3 Å². The molecule has 0 heterocycles. The van der Waals surface area contributed by atoms with Crippen molar-refractivity contribution < 1.29 is 9.47 Å². The molecule has 0 saturated carbocycles. The van der Waals surface area contributed by atoms with Gasteiger partial charge in [0.2, 0.25) is 0 Å². The van der Waals surface area contributed by atoms with E-state index in [2.05, 4.69) is 48.6 Å². The lowest BCUT2D eigenvalue weighted by Gasteiger charge is -2.15. The van der Waals surface area contributed by atoms with Gasteiger partial charge in [0.25, 0.3) is 0 Å². The molecule has 0 aromatic heterocycles. The van der Waals surface area contributed by atoms with Crippen molar-refractivity contribution in [3.05, 3.63) is 94.0 Å². The molecule has 0 saturated heterocycles. The number of aryl methyl sites for hydroxylation is 1. The predicted octanol–water partition coefficient (Wildman–Crippen LogP) is 5.57. The fourth-order valence-corrected chi connectivity index (χ4v) is 3.23. The van der Waals surface area contributed by atoms with Gasteiger partial charge in [-0.3, -0.25) is 0 Å². The van der Waals surface area contributed by atoms with E-state index in [0.29, 0.717) is 29.7 Å². The first kappa shape index (κ1) is 20.2. The Kier molecular flexibility index (Phi) is 7.35. The third kappa shape index (κ3) is 5.51. The van der Waals surface area contributed by atoms with Crippen molar-refractivity contribution in [2.75, 3.05) is 13.7 Å². The normalized spacial score (nSPS) is 10.7. The summed E-state index contributed by atoms with van der Waals surface area (Å²) in [5.74, 6) is 1.35. The fraction of sp³-hybridized carbons (Fsp3) is 0.250. The van der Waals surface area contributed by atoms with E-state index >= 15 is 0 Å². The van der Waals surface area contributed by atoms with Crippen LogP contribution in [0.25, 0.3) is 0 Å². The van der Waals surface area contributed by atoms with Crippen molar-refractivity contribution in [2.24, 2.45) is 0 Å². The van der Waals surface area contributed by atoms with Gasteiger partial charge in [0.15, 0.2) is 11.5 Å². The van der Waals surface area contributed by atoms with Crippen LogP contribution in [0.5, 0.6) is 11.5 Å². The van der Waals surface area contributed by atoms with Crippen molar-refractivity contribution in [1.82, 2.24) is 5.32 Å². The zero-order chi connectivity index (χ0) is 19.8. The number of halogens is 1. The molecule has 3 aromatic rings. The molecule has 0 unspecified atom stereocenters. The monoisotopic (exact) mass is 395 g/mol. The highest BCUT2D eigenvalue weighted by atomic mass is 35.5. The third-order valence-electron chi connectivity index (χ3n) is 4.73. The van der Waals surface area contributed by atoms with Gasteiger partial charge < -0.3 is 14.8 Å². The molecule has 0 radical (unpaired) electrons. The number of benzene rings is 3. The summed E-state index contributed by atoms with van der Waals surface area (Å²) in [6.45, 7) is 4.12. The molecule has 0 aliphatic heterocycles. The Labute approximate surface area is 172 Å². The van der Waals surface area contributed by atoms with Gasteiger partial charge in [-0.2, -0.15) is 0 Å². The summed E-state index contributed by atoms with van der Waals surface area (Å²) in [7, 11) is 1.65. The van der Waals surface area contributed by atoms with Crippen LogP contribution in [0.15, 0.2) is 66.7 Å². The van der Waals surface area contributed by atoms with Crippen LogP contribution in [0.4, 0.5) is 0 Å². The Balaban J connectivity index is 1.60. The molecule has 3 rings (SSSR count). The Morgan fingerprint density at radius 3 is 2.39 bits per heavy atom. The topological polar surface area (TPSA) is 30.5 Å². The summed E-state index contributed by atoms with van der Waals surface area (Å²) in [6.07, 6.45) is 0.979. The summed E-state index contributed by atoms with van der Waals surface area (Å²) < 4.78 is 11.5. The molecule has 0 bridgehead atoms. The highest BCUT2D eigenvalue weighted by Gasteiger charge is 2.11. The Bertz CT molecular complexity index is 896. The van der Waals surface area contributed by atoms with Crippen molar-refractivity contribution in [1.29, 1.82) is 0 Å². The molecule has 3 aromatic carbocycles. The minimum absolute atomic E-state index is 0.480. The number of ether oxygens (including phenoxy) is 2. The zero-order valence-corrected chi connectivity index (χ0v) is 17.1. The number of nitrogens with one attached hydrogen (secondary N) is 1. The Morgan fingerprint density at radius 1 is 0.893 bits per heavy atom. The third-order valence-corrected chi connectivity index (χ3v) is 5.08. The van der Waals surface area contributed by atoms with Gasteiger partial charge in [0.05, 0.1) is 7.11 Å². The maximum Gasteiger partial charge on any atom is 0.163 e. The second-order valence-corrected chi connectivity index (χ2v) is 7.13. The summed E-state index contributed by atoms with van der Waals surface area (Å²) in [5, 5.41) is 4.12. The van der Waals surface area contributed by atoms with Gasteiger partial charge in [-0.25, -0.2) is 0 Å². The number of methoxy groups -OCH3 is 1. The van der Waals surface area contributed by atoms with Crippen molar-refractivity contribution in [3.8, 4) is 11.5 Å². The van der Waals surface area contributed by atoms with Gasteiger partial charge in [-0.15, -0.1) is 0 Å². The van der Waals surface area contributed by atoms with Crippen LogP contribution in [0.2, 0.25) is 5.02 Å². The molecular formula is C24H26ClNO2. The second kappa shape index (κ2) is 10.2. The second-order valence-electron chi connectivity index (χ2n) is 6.72. The average molecular weight is 396 g/mol. The van der Waals surface area contributed by atoms with Crippen LogP contribution in [0.3, 0.4) is 0 Å². The van der Waals surface area contributed by atoms with E-state index in [9.17, 15) is 0 Å². The number of hydrogen-bond donors (Lipinski definition) is 1. The molecule has 0 spiro atoms. The Morgan fingerprint density at radius 2 is 1.64 bits per heavy atom. The number of rotatable bonds is 9. The van der Waals surface area contributed by atoms with E-state index in [-0.39, 0.29) is 0 Å². The van der Waals surface area contributed by atoms with E-state index in [1.807, 2.05) is 30.3 Å². The van der Waals surface area contributed by atoms with Crippen molar-refractivity contribution >= 4 is 11.6 Å². The van der Waals surface area contributed by atoms with Gasteiger partial charge >= 0.3 is 0 Å². The van der Waals surface area contributed by atoms with Crippen LogP contribution >= 0.6 is 11.6 Å². The van der Waals surface area contributed by atoms with Crippen molar-refractivity contribution in [2.45, 2.75) is 26.5 Å². The van der Waals surface area contributed by atoms with E-state index in [1.54, 1.807) is 7.11 Å². The maximum absolute atomic E-state index is 6.49. The molecule has 0 aliphatic rings. The molecule has 1 N–H and O–H groups in total. The van der Waals surface area contributed by atoms with E-state index in [1.165, 1.54) is 11.1 Å². The van der Waals surface area contributed by atoms with Gasteiger partial charge in [-0.05, 0) is 48.2 Å². The highest BCUT2D eigenvalue weighted by Crippen LogP contribution is 2.34. The number of hydrogen-bond acceptors (Lipinski definition) is 3. The largest absolute Gasteiger partial charge is 0.493 e. The first-order valence-corrected chi connectivity index (χ1v) is 9.83. The van der Waals surface area contributed by atoms with Gasteiger partial charge in [0, 0.05) is 17.6 Å². The maximum atomic E-state index is 6.49. The molecule has 146 valence electrons. The lowest BCUT2D eigenvalue weighted by Crippen LogP contribution is -2.17. The summed E-state index contributed by atoms with van der Waals surface area (Å²) >= 11 is 6.49. The van der Waals surface area contributed by atoms with Crippen LogP contribution in [-0.2, 0) is 19.6 Å². The summed E-state index contributed by atoms with van der Waals surface area (Å²) in [6, 6.07) is 22.4. The molecule has 0 atom stereocenters. The minimum Gasteiger partial charge on any atom is -0.493 e. The molecule has 0 aliphatic carbocycles. The molecule has 3 nitrogen and oxygen atoms in total. The highest BCUT2D eigenvalue weighted by molar-refractivity contribution is 6.31. The lowest BCUT2D eigenvalue weighted by atomic mass is 10.1. The van der Waals surface area contributed by atoms with Crippen LogP contribution in [-0.4, -0.2) is 13.7 Å². The molecule has 0 fully saturated rings. The summed E-state index contributed by atoms with van der Waals surface area (Å²) in [5.41, 5.74) is 4.66. The molecular weight excluding hydrogens is 370 g/mol. The molecule has 4 heteroatoms. The average Bonchev–Trinajstić information content (AvgIpc) is 2.72. The summed E-state index contributed by atoms with van der Waals surface area (Å²) in [4.78, 5) is 0. The quantitative estimate of drug-likeness (QED) is 0.480. The molecule has 28 heavy (non-hydrogen) atoms. The molecule has 0 amide bonds. The first-order valence-electron chi connectivity index (χ1n) is 9.45. The van der Waals surface area contributed by atoms with E-state index in [0.717, 1.165) is 24.1 Å². The Hall–Kier alpha value is -2.49. The first-order chi connectivity index (χ1) is 13.7. The minimum atomic E-state index is 0.480. The standard InChI is InChI=1S/C24H26ClNO2/c1-18-8-6-7-11-20(18)17-28-24-15-22(25)21(14-23(24)27-2)16-26-13-12-19-9-4-3-5-10-19/h3-11,14-15,26H,12-13,16-17H2,1-2H3. The zero-order valence-electron chi connectivity index (χ0n) is 16.4. The smallest absolute Gasteiger partial charge is 0.163 e. The SMILES string of the molecule is COc1cc(CNCCc2ccccc2)c(Cl)cc1OCc1ccccc1C. The van der Waals surface area contributed by atoms with E-state index in [4.69, 9.17) is 21.1 Å².